The van der Waals surface area contributed by atoms with Gasteiger partial charge in [-0.15, -0.1) is 0 Å². The summed E-state index contributed by atoms with van der Waals surface area (Å²) in [6.07, 6.45) is 7.07. The molecule has 3 nitrogen and oxygen atoms in total. The van der Waals surface area contributed by atoms with Gasteiger partial charge in [0.05, 0.1) is 0 Å². The molecule has 4 heteroatoms. The van der Waals surface area contributed by atoms with Crippen molar-refractivity contribution in [1.82, 2.24) is 5.32 Å². The van der Waals surface area contributed by atoms with Gasteiger partial charge in [-0.3, -0.25) is 4.79 Å². The van der Waals surface area contributed by atoms with Gasteiger partial charge in [0, 0.05) is 17.5 Å². The van der Waals surface area contributed by atoms with E-state index >= 15 is 0 Å². The average Bonchev–Trinajstić information content (AvgIpc) is 2.60. The number of carbonyl (C=O) groups is 1. The van der Waals surface area contributed by atoms with Crippen molar-refractivity contribution in [3.63, 3.8) is 0 Å². The van der Waals surface area contributed by atoms with Crippen LogP contribution in [0.25, 0.3) is 0 Å². The number of thioether (sulfide) groups is 1. The third kappa shape index (κ3) is 5.73. The van der Waals surface area contributed by atoms with E-state index in [1.165, 1.54) is 37.7 Å². The van der Waals surface area contributed by atoms with E-state index in [9.17, 15) is 4.79 Å². The summed E-state index contributed by atoms with van der Waals surface area (Å²) in [6, 6.07) is 5.98. The molecule has 1 atom stereocenters. The molecular formula is C20H31NO2S. The van der Waals surface area contributed by atoms with Crippen molar-refractivity contribution in [3.8, 4) is 5.75 Å². The van der Waals surface area contributed by atoms with Crippen LogP contribution in [0.2, 0.25) is 0 Å². The highest BCUT2D eigenvalue weighted by atomic mass is 32.2. The predicted octanol–water partition coefficient (Wildman–Crippen LogP) is 4.64. The highest BCUT2D eigenvalue weighted by Gasteiger charge is 2.19. The van der Waals surface area contributed by atoms with E-state index in [0.717, 1.165) is 28.9 Å². The Balaban J connectivity index is 1.75. The molecule has 1 N–H and O–H groups in total. The van der Waals surface area contributed by atoms with Gasteiger partial charge < -0.3 is 10.1 Å². The number of hydrogen-bond acceptors (Lipinski definition) is 3. The minimum atomic E-state index is -0.412. The van der Waals surface area contributed by atoms with Crippen LogP contribution in [0, 0.1) is 13.8 Å². The van der Waals surface area contributed by atoms with Crippen molar-refractivity contribution < 1.29 is 9.53 Å². The van der Waals surface area contributed by atoms with Crippen LogP contribution in [0.4, 0.5) is 0 Å². The van der Waals surface area contributed by atoms with Gasteiger partial charge in [0.25, 0.3) is 5.91 Å². The fourth-order valence-corrected chi connectivity index (χ4v) is 4.29. The first-order valence-electron chi connectivity index (χ1n) is 9.24. The summed E-state index contributed by atoms with van der Waals surface area (Å²) in [6.45, 7) is 6.82. The monoisotopic (exact) mass is 349 g/mol. The molecule has 0 spiro atoms. The van der Waals surface area contributed by atoms with Gasteiger partial charge >= 0.3 is 0 Å². The predicted molar refractivity (Wildman–Crippen MR) is 103 cm³/mol. The van der Waals surface area contributed by atoms with Crippen molar-refractivity contribution in [1.29, 1.82) is 0 Å². The lowest BCUT2D eigenvalue weighted by atomic mass is 10.0. The van der Waals surface area contributed by atoms with E-state index in [1.54, 1.807) is 0 Å². The summed E-state index contributed by atoms with van der Waals surface area (Å²) in [5.41, 5.74) is 2.29. The molecule has 1 amide bonds. The van der Waals surface area contributed by atoms with Crippen LogP contribution in [0.3, 0.4) is 0 Å². The standard InChI is InChI=1S/C20H31NO2S/c1-4-18(23-19-12-8-9-15(2)16(19)3)20(22)21-13-14-24-17-10-6-5-7-11-17/h8-9,12,17-18H,4-7,10-11,13-14H2,1-3H3,(H,21,22)/t18-/m1/s1. The average molecular weight is 350 g/mol. The Morgan fingerprint density at radius 2 is 2.04 bits per heavy atom. The third-order valence-corrected chi connectivity index (χ3v) is 6.18. The maximum Gasteiger partial charge on any atom is 0.261 e. The SMILES string of the molecule is CC[C@@H](Oc1cccc(C)c1C)C(=O)NCCSC1CCCCC1. The molecule has 1 aromatic rings. The zero-order valence-corrected chi connectivity index (χ0v) is 16.1. The molecule has 0 bridgehead atoms. The Morgan fingerprint density at radius 1 is 1.29 bits per heavy atom. The van der Waals surface area contributed by atoms with E-state index in [0.29, 0.717) is 6.42 Å². The molecular weight excluding hydrogens is 318 g/mol. The smallest absolute Gasteiger partial charge is 0.261 e. The second kappa shape index (κ2) is 9.97. The Kier molecular flexibility index (Phi) is 7.97. The summed E-state index contributed by atoms with van der Waals surface area (Å²) < 4.78 is 5.97. The van der Waals surface area contributed by atoms with Crippen LogP contribution in [-0.4, -0.2) is 29.6 Å². The van der Waals surface area contributed by atoms with Gasteiger partial charge in [0.2, 0.25) is 0 Å². The molecule has 0 aromatic heterocycles. The van der Waals surface area contributed by atoms with Crippen LogP contribution < -0.4 is 10.1 Å². The van der Waals surface area contributed by atoms with Gasteiger partial charge in [-0.1, -0.05) is 38.3 Å². The van der Waals surface area contributed by atoms with Gasteiger partial charge in [-0.05, 0) is 50.3 Å². The first-order valence-corrected chi connectivity index (χ1v) is 10.3. The van der Waals surface area contributed by atoms with Gasteiger partial charge in [0.15, 0.2) is 6.10 Å². The molecule has 0 aliphatic heterocycles. The molecule has 1 aromatic carbocycles. The Morgan fingerprint density at radius 3 is 2.75 bits per heavy atom. The Labute approximate surface area is 150 Å². The van der Waals surface area contributed by atoms with E-state index in [2.05, 4.69) is 18.3 Å². The fraction of sp³-hybridized carbons (Fsp3) is 0.650. The minimum Gasteiger partial charge on any atom is -0.480 e. The molecule has 1 aliphatic carbocycles. The van der Waals surface area contributed by atoms with E-state index < -0.39 is 6.10 Å². The molecule has 0 radical (unpaired) electrons. The lowest BCUT2D eigenvalue weighted by Gasteiger charge is -2.22. The Hall–Kier alpha value is -1.16. The molecule has 2 rings (SSSR count). The molecule has 24 heavy (non-hydrogen) atoms. The van der Waals surface area contributed by atoms with Crippen molar-refractivity contribution in [2.45, 2.75) is 70.7 Å². The molecule has 1 aliphatic rings. The van der Waals surface area contributed by atoms with Crippen molar-refractivity contribution in [2.24, 2.45) is 0 Å². The first-order chi connectivity index (χ1) is 11.6. The van der Waals surface area contributed by atoms with Crippen LogP contribution in [-0.2, 0) is 4.79 Å². The number of nitrogens with one attached hydrogen (secondary N) is 1. The van der Waals surface area contributed by atoms with E-state index in [-0.39, 0.29) is 5.91 Å². The largest absolute Gasteiger partial charge is 0.480 e. The van der Waals surface area contributed by atoms with Crippen LogP contribution in [0.1, 0.15) is 56.6 Å². The van der Waals surface area contributed by atoms with Crippen LogP contribution in [0.5, 0.6) is 5.75 Å². The van der Waals surface area contributed by atoms with E-state index in [1.807, 2.05) is 37.7 Å². The molecule has 134 valence electrons. The summed E-state index contributed by atoms with van der Waals surface area (Å²) >= 11 is 2.01. The number of amides is 1. The zero-order chi connectivity index (χ0) is 17.4. The number of ether oxygens (including phenoxy) is 1. The maximum absolute atomic E-state index is 12.4. The second-order valence-corrected chi connectivity index (χ2v) is 8.04. The van der Waals surface area contributed by atoms with Gasteiger partial charge in [-0.25, -0.2) is 0 Å². The second-order valence-electron chi connectivity index (χ2n) is 6.63. The number of benzene rings is 1. The molecule has 0 heterocycles. The quantitative estimate of drug-likeness (QED) is 0.695. The zero-order valence-electron chi connectivity index (χ0n) is 15.3. The molecule has 1 saturated carbocycles. The number of carbonyl (C=O) groups excluding carboxylic acids is 1. The van der Waals surface area contributed by atoms with Crippen molar-refractivity contribution in [2.75, 3.05) is 12.3 Å². The van der Waals surface area contributed by atoms with Crippen LogP contribution in [0.15, 0.2) is 18.2 Å². The summed E-state index contributed by atoms with van der Waals surface area (Å²) in [5.74, 6) is 1.81. The van der Waals surface area contributed by atoms with Gasteiger partial charge in [-0.2, -0.15) is 11.8 Å². The summed E-state index contributed by atoms with van der Waals surface area (Å²) in [7, 11) is 0. The molecule has 0 saturated heterocycles. The third-order valence-electron chi connectivity index (χ3n) is 4.79. The molecule has 1 fully saturated rings. The normalized spacial score (nSPS) is 16.6. The van der Waals surface area contributed by atoms with E-state index in [4.69, 9.17) is 4.74 Å². The highest BCUT2D eigenvalue weighted by molar-refractivity contribution is 7.99. The van der Waals surface area contributed by atoms with Crippen molar-refractivity contribution >= 4 is 17.7 Å². The Bertz CT molecular complexity index is 526. The minimum absolute atomic E-state index is 0.00245. The lowest BCUT2D eigenvalue weighted by molar-refractivity contribution is -0.128. The highest BCUT2D eigenvalue weighted by Crippen LogP contribution is 2.27. The number of aryl methyl sites for hydroxylation is 1. The fourth-order valence-electron chi connectivity index (χ4n) is 3.07. The first kappa shape index (κ1) is 19.2. The summed E-state index contributed by atoms with van der Waals surface area (Å²) in [5, 5.41) is 3.84. The van der Waals surface area contributed by atoms with Crippen molar-refractivity contribution in [3.05, 3.63) is 29.3 Å². The number of hydrogen-bond donors (Lipinski definition) is 1. The maximum atomic E-state index is 12.4. The lowest BCUT2D eigenvalue weighted by Crippen LogP contribution is -2.39. The topological polar surface area (TPSA) is 38.3 Å². The molecule has 0 unspecified atom stereocenters. The number of rotatable bonds is 8. The van der Waals surface area contributed by atoms with Gasteiger partial charge in [0.1, 0.15) is 5.75 Å². The van der Waals surface area contributed by atoms with Crippen LogP contribution >= 0.6 is 11.8 Å². The summed E-state index contributed by atoms with van der Waals surface area (Å²) in [4.78, 5) is 12.4.